The number of nitrogens with two attached hydrogens (primary N) is 1. The smallest absolute Gasteiger partial charge is 0.223 e. The summed E-state index contributed by atoms with van der Waals surface area (Å²) in [5.41, 5.74) is 7.29. The quantitative estimate of drug-likeness (QED) is 0.872. The zero-order chi connectivity index (χ0) is 17.0. The molecule has 1 aromatic carbocycles. The van der Waals surface area contributed by atoms with E-state index < -0.39 is 0 Å². The molecule has 2 aliphatic carbocycles. The summed E-state index contributed by atoms with van der Waals surface area (Å²) >= 11 is 0. The Morgan fingerprint density at radius 1 is 1.25 bits per heavy atom. The van der Waals surface area contributed by atoms with Crippen LogP contribution < -0.4 is 15.8 Å². The van der Waals surface area contributed by atoms with Crippen molar-refractivity contribution in [3.63, 3.8) is 0 Å². The van der Waals surface area contributed by atoms with Gasteiger partial charge in [-0.2, -0.15) is 0 Å². The number of nitrogens with one attached hydrogen (secondary N) is 1. The van der Waals surface area contributed by atoms with E-state index >= 15 is 0 Å². The normalized spacial score (nSPS) is 26.1. The van der Waals surface area contributed by atoms with Gasteiger partial charge >= 0.3 is 0 Å². The molecule has 4 heteroatoms. The summed E-state index contributed by atoms with van der Waals surface area (Å²) in [4.78, 5) is 12.6. The van der Waals surface area contributed by atoms with Gasteiger partial charge in [0.2, 0.25) is 5.91 Å². The van der Waals surface area contributed by atoms with Gasteiger partial charge in [-0.05, 0) is 38.2 Å². The minimum atomic E-state index is 0.0129. The lowest BCUT2D eigenvalue weighted by Gasteiger charge is -2.33. The largest absolute Gasteiger partial charge is 0.496 e. The Hall–Kier alpha value is -1.55. The summed E-state index contributed by atoms with van der Waals surface area (Å²) in [5.74, 6) is 1.21. The zero-order valence-electron chi connectivity index (χ0n) is 14.7. The van der Waals surface area contributed by atoms with E-state index in [1.807, 2.05) is 12.1 Å². The number of benzene rings is 1. The molecular weight excluding hydrogens is 300 g/mol. The van der Waals surface area contributed by atoms with Crippen LogP contribution in [0.3, 0.4) is 0 Å². The van der Waals surface area contributed by atoms with Crippen LogP contribution >= 0.6 is 0 Å². The molecule has 3 N–H and O–H groups in total. The Morgan fingerprint density at radius 2 is 2.00 bits per heavy atom. The lowest BCUT2D eigenvalue weighted by atomic mass is 9.78. The van der Waals surface area contributed by atoms with Crippen molar-refractivity contribution in [2.45, 2.75) is 62.8 Å². The van der Waals surface area contributed by atoms with Gasteiger partial charge in [-0.3, -0.25) is 4.79 Å². The molecule has 1 amide bonds. The van der Waals surface area contributed by atoms with Crippen molar-refractivity contribution >= 4 is 5.91 Å². The molecule has 1 aromatic rings. The topological polar surface area (TPSA) is 64.3 Å². The standard InChI is InChI=1S/C20H30N2O2/c1-24-18-10-3-2-9-17(18)20(11-4-5-12-20)14-22-19(23)15-7-6-8-16(21)13-15/h2-3,9-10,15-16H,4-8,11-14,21H2,1H3,(H,22,23). The highest BCUT2D eigenvalue weighted by atomic mass is 16.5. The SMILES string of the molecule is COc1ccccc1C1(CNC(=O)C2CCCC(N)C2)CCCC1. The predicted octanol–water partition coefficient (Wildman–Crippen LogP) is 3.14. The first-order chi connectivity index (χ1) is 11.6. The molecule has 132 valence electrons. The number of methoxy groups -OCH3 is 1. The summed E-state index contributed by atoms with van der Waals surface area (Å²) in [5, 5.41) is 3.26. The molecule has 0 aliphatic heterocycles. The summed E-state index contributed by atoms with van der Waals surface area (Å²) in [6, 6.07) is 8.45. The minimum Gasteiger partial charge on any atom is -0.496 e. The van der Waals surface area contributed by atoms with Gasteiger partial charge in [0.1, 0.15) is 5.75 Å². The number of amides is 1. The Labute approximate surface area is 145 Å². The second-order valence-electron chi connectivity index (χ2n) is 7.53. The molecule has 4 nitrogen and oxygen atoms in total. The first-order valence-electron chi connectivity index (χ1n) is 9.31. The Balaban J connectivity index is 1.71. The molecule has 2 saturated carbocycles. The van der Waals surface area contributed by atoms with Crippen LogP contribution in [0.15, 0.2) is 24.3 Å². The van der Waals surface area contributed by atoms with Crippen LogP contribution in [0.4, 0.5) is 0 Å². The van der Waals surface area contributed by atoms with Crippen LogP contribution in [0.1, 0.15) is 56.9 Å². The molecule has 0 saturated heterocycles. The van der Waals surface area contributed by atoms with Crippen LogP contribution in [0.5, 0.6) is 5.75 Å². The van der Waals surface area contributed by atoms with Gasteiger partial charge in [0.05, 0.1) is 7.11 Å². The average molecular weight is 330 g/mol. The Bertz CT molecular complexity index is 567. The number of para-hydroxylation sites is 1. The molecule has 0 bridgehead atoms. The van der Waals surface area contributed by atoms with Gasteiger partial charge in [-0.25, -0.2) is 0 Å². The lowest BCUT2D eigenvalue weighted by Crippen LogP contribution is -2.43. The van der Waals surface area contributed by atoms with Crippen molar-refractivity contribution in [2.24, 2.45) is 11.7 Å². The monoisotopic (exact) mass is 330 g/mol. The highest BCUT2D eigenvalue weighted by Crippen LogP contribution is 2.44. The highest BCUT2D eigenvalue weighted by molar-refractivity contribution is 5.79. The number of ether oxygens (including phenoxy) is 1. The molecule has 0 heterocycles. The molecule has 2 atom stereocenters. The summed E-state index contributed by atoms with van der Waals surface area (Å²) in [6.07, 6.45) is 8.56. The van der Waals surface area contributed by atoms with Crippen LogP contribution in [0, 0.1) is 5.92 Å². The molecular formula is C20H30N2O2. The number of carbonyl (C=O) groups is 1. The first-order valence-corrected chi connectivity index (χ1v) is 9.31. The van der Waals surface area contributed by atoms with E-state index in [-0.39, 0.29) is 23.3 Å². The van der Waals surface area contributed by atoms with Gasteiger partial charge in [-0.1, -0.05) is 37.5 Å². The Kier molecular flexibility index (Phi) is 5.44. The van der Waals surface area contributed by atoms with E-state index in [0.717, 1.165) is 44.3 Å². The van der Waals surface area contributed by atoms with E-state index in [9.17, 15) is 4.79 Å². The third kappa shape index (κ3) is 3.59. The predicted molar refractivity (Wildman–Crippen MR) is 96.1 cm³/mol. The molecule has 0 spiro atoms. The van der Waals surface area contributed by atoms with Crippen molar-refractivity contribution in [3.05, 3.63) is 29.8 Å². The van der Waals surface area contributed by atoms with Gasteiger partial charge in [0.15, 0.2) is 0 Å². The molecule has 2 aliphatic rings. The van der Waals surface area contributed by atoms with E-state index in [0.29, 0.717) is 6.54 Å². The van der Waals surface area contributed by atoms with Crippen molar-refractivity contribution < 1.29 is 9.53 Å². The maximum atomic E-state index is 12.6. The van der Waals surface area contributed by atoms with E-state index in [2.05, 4.69) is 17.4 Å². The number of hydrogen-bond acceptors (Lipinski definition) is 3. The second-order valence-corrected chi connectivity index (χ2v) is 7.53. The number of carbonyl (C=O) groups excluding carboxylic acids is 1. The zero-order valence-corrected chi connectivity index (χ0v) is 14.7. The molecule has 0 aromatic heterocycles. The van der Waals surface area contributed by atoms with Crippen LogP contribution in [0.25, 0.3) is 0 Å². The lowest BCUT2D eigenvalue weighted by molar-refractivity contribution is -0.126. The average Bonchev–Trinajstić information content (AvgIpc) is 3.09. The summed E-state index contributed by atoms with van der Waals surface area (Å²) in [7, 11) is 1.73. The van der Waals surface area contributed by atoms with E-state index in [1.165, 1.54) is 18.4 Å². The maximum absolute atomic E-state index is 12.6. The van der Waals surface area contributed by atoms with Crippen LogP contribution in [-0.4, -0.2) is 25.6 Å². The molecule has 24 heavy (non-hydrogen) atoms. The third-order valence-corrected chi connectivity index (χ3v) is 5.93. The number of rotatable bonds is 5. The van der Waals surface area contributed by atoms with Gasteiger partial charge in [-0.15, -0.1) is 0 Å². The first kappa shape index (κ1) is 17.3. The second kappa shape index (κ2) is 7.56. The van der Waals surface area contributed by atoms with Crippen molar-refractivity contribution in [2.75, 3.05) is 13.7 Å². The summed E-state index contributed by atoms with van der Waals surface area (Å²) in [6.45, 7) is 0.706. The molecule has 3 rings (SSSR count). The fraction of sp³-hybridized carbons (Fsp3) is 0.650. The Morgan fingerprint density at radius 3 is 2.71 bits per heavy atom. The summed E-state index contributed by atoms with van der Waals surface area (Å²) < 4.78 is 5.59. The van der Waals surface area contributed by atoms with Crippen molar-refractivity contribution in [1.82, 2.24) is 5.32 Å². The highest BCUT2D eigenvalue weighted by Gasteiger charge is 2.38. The van der Waals surface area contributed by atoms with E-state index in [1.54, 1.807) is 7.11 Å². The van der Waals surface area contributed by atoms with Crippen molar-refractivity contribution in [3.8, 4) is 5.75 Å². The number of hydrogen-bond donors (Lipinski definition) is 2. The van der Waals surface area contributed by atoms with Crippen LogP contribution in [-0.2, 0) is 10.2 Å². The maximum Gasteiger partial charge on any atom is 0.223 e. The molecule has 2 fully saturated rings. The van der Waals surface area contributed by atoms with Gasteiger partial charge < -0.3 is 15.8 Å². The molecule has 2 unspecified atom stereocenters. The van der Waals surface area contributed by atoms with E-state index in [4.69, 9.17) is 10.5 Å². The fourth-order valence-electron chi connectivity index (χ4n) is 4.54. The third-order valence-electron chi connectivity index (χ3n) is 5.93. The van der Waals surface area contributed by atoms with Crippen LogP contribution in [0.2, 0.25) is 0 Å². The van der Waals surface area contributed by atoms with Crippen molar-refractivity contribution in [1.29, 1.82) is 0 Å². The minimum absolute atomic E-state index is 0.0129. The fourth-order valence-corrected chi connectivity index (χ4v) is 4.54. The van der Waals surface area contributed by atoms with Gasteiger partial charge in [0, 0.05) is 29.5 Å². The molecule has 0 radical (unpaired) electrons. The van der Waals surface area contributed by atoms with Gasteiger partial charge in [0.25, 0.3) is 0 Å².